The molecule has 1 aromatic carbocycles. The highest BCUT2D eigenvalue weighted by Crippen LogP contribution is 2.33. The van der Waals surface area contributed by atoms with Crippen LogP contribution in [0, 0.1) is 6.92 Å². The minimum Gasteiger partial charge on any atom is -0.497 e. The van der Waals surface area contributed by atoms with Crippen LogP contribution in [0.2, 0.25) is 0 Å². The lowest BCUT2D eigenvalue weighted by Crippen LogP contribution is -2.49. The third-order valence-electron chi connectivity index (χ3n) is 4.65. The van der Waals surface area contributed by atoms with Crippen molar-refractivity contribution in [1.29, 1.82) is 0 Å². The molecular formula is C20H24N2O3S. The highest BCUT2D eigenvalue weighted by molar-refractivity contribution is 7.14. The third kappa shape index (κ3) is 4.07. The second kappa shape index (κ2) is 7.91. The topological polar surface area (TPSA) is 58.6 Å². The van der Waals surface area contributed by atoms with Crippen LogP contribution < -0.4 is 10.1 Å². The zero-order valence-electron chi connectivity index (χ0n) is 15.4. The predicted octanol–water partition coefficient (Wildman–Crippen LogP) is 3.47. The maximum Gasteiger partial charge on any atom is 0.264 e. The fraction of sp³-hybridized carbons (Fsp3) is 0.400. The van der Waals surface area contributed by atoms with Crippen LogP contribution in [0.5, 0.6) is 5.75 Å². The number of rotatable bonds is 4. The van der Waals surface area contributed by atoms with Crippen molar-refractivity contribution in [2.45, 2.75) is 32.7 Å². The molecule has 3 rings (SSSR count). The minimum atomic E-state index is -0.0435. The lowest BCUT2D eigenvalue weighted by Gasteiger charge is -2.32. The monoisotopic (exact) mass is 372 g/mol. The molecular weight excluding hydrogens is 348 g/mol. The molecule has 1 aromatic heterocycles. The molecule has 2 amide bonds. The number of benzene rings is 1. The van der Waals surface area contributed by atoms with E-state index < -0.39 is 0 Å². The van der Waals surface area contributed by atoms with Gasteiger partial charge >= 0.3 is 0 Å². The van der Waals surface area contributed by atoms with Crippen LogP contribution in [0.4, 0.5) is 0 Å². The van der Waals surface area contributed by atoms with Gasteiger partial charge in [0.1, 0.15) is 5.75 Å². The Balaban J connectivity index is 1.77. The Morgan fingerprint density at radius 2 is 2.00 bits per heavy atom. The number of hydrogen-bond donors (Lipinski definition) is 1. The second-order valence-electron chi connectivity index (χ2n) is 6.60. The van der Waals surface area contributed by atoms with Crippen molar-refractivity contribution in [2.75, 3.05) is 20.2 Å². The van der Waals surface area contributed by atoms with Crippen molar-refractivity contribution in [3.63, 3.8) is 0 Å². The number of likely N-dealkylation sites (tertiary alicyclic amines) is 1. The summed E-state index contributed by atoms with van der Waals surface area (Å²) in [6, 6.07) is 9.90. The van der Waals surface area contributed by atoms with E-state index in [1.807, 2.05) is 42.2 Å². The summed E-state index contributed by atoms with van der Waals surface area (Å²) < 4.78 is 5.21. The minimum absolute atomic E-state index is 0.0435. The first-order valence-electron chi connectivity index (χ1n) is 8.79. The zero-order chi connectivity index (χ0) is 18.7. The van der Waals surface area contributed by atoms with Crippen molar-refractivity contribution >= 4 is 23.2 Å². The lowest BCUT2D eigenvalue weighted by molar-refractivity contribution is -0.120. The van der Waals surface area contributed by atoms with E-state index in [9.17, 15) is 9.59 Å². The van der Waals surface area contributed by atoms with E-state index >= 15 is 0 Å². The number of nitrogens with zero attached hydrogens (tertiary/aromatic N) is 1. The molecule has 1 aliphatic rings. The molecule has 2 heterocycles. The zero-order valence-corrected chi connectivity index (χ0v) is 16.2. The number of carbonyl (C=O) groups is 2. The number of hydrogen-bond acceptors (Lipinski definition) is 4. The quantitative estimate of drug-likeness (QED) is 0.894. The molecule has 0 saturated carbocycles. The van der Waals surface area contributed by atoms with E-state index in [0.717, 1.165) is 46.0 Å². The molecule has 2 aromatic rings. The maximum absolute atomic E-state index is 12.9. The number of piperidine rings is 1. The van der Waals surface area contributed by atoms with Gasteiger partial charge in [-0.1, -0.05) is 12.1 Å². The standard InChI is InChI=1S/C20H24N2O3S/c1-13-18(15-6-8-17(25-3)9-7-15)11-19(26-13)20(24)22-10-4-5-16(12-22)21-14(2)23/h6-9,11,16H,4-5,10,12H2,1-3H3,(H,21,23). The van der Waals surface area contributed by atoms with Gasteiger partial charge in [0.25, 0.3) is 5.91 Å². The van der Waals surface area contributed by atoms with Gasteiger partial charge in [0.2, 0.25) is 5.91 Å². The van der Waals surface area contributed by atoms with E-state index in [1.54, 1.807) is 7.11 Å². The molecule has 0 radical (unpaired) electrons. The van der Waals surface area contributed by atoms with E-state index in [1.165, 1.54) is 18.3 Å². The Bertz CT molecular complexity index is 798. The Labute approximate surface area is 158 Å². The molecule has 1 saturated heterocycles. The summed E-state index contributed by atoms with van der Waals surface area (Å²) in [6.07, 6.45) is 1.83. The van der Waals surface area contributed by atoms with Crippen LogP contribution >= 0.6 is 11.3 Å². The molecule has 0 bridgehead atoms. The lowest BCUT2D eigenvalue weighted by atomic mass is 10.0. The first-order valence-corrected chi connectivity index (χ1v) is 9.61. The summed E-state index contributed by atoms with van der Waals surface area (Å²) in [5, 5.41) is 2.93. The van der Waals surface area contributed by atoms with Gasteiger partial charge in [-0.25, -0.2) is 0 Å². The Morgan fingerprint density at radius 3 is 2.65 bits per heavy atom. The van der Waals surface area contributed by atoms with Crippen LogP contribution in [-0.4, -0.2) is 43.0 Å². The maximum atomic E-state index is 12.9. The Kier molecular flexibility index (Phi) is 5.61. The number of thiophene rings is 1. The Morgan fingerprint density at radius 1 is 1.27 bits per heavy atom. The van der Waals surface area contributed by atoms with Crippen LogP contribution in [0.15, 0.2) is 30.3 Å². The number of amides is 2. The molecule has 5 nitrogen and oxygen atoms in total. The van der Waals surface area contributed by atoms with Crippen molar-refractivity contribution < 1.29 is 14.3 Å². The fourth-order valence-electron chi connectivity index (χ4n) is 3.37. The number of aryl methyl sites for hydroxylation is 1. The van der Waals surface area contributed by atoms with Gasteiger partial charge in [-0.05, 0) is 49.1 Å². The van der Waals surface area contributed by atoms with E-state index in [4.69, 9.17) is 4.74 Å². The SMILES string of the molecule is COc1ccc(-c2cc(C(=O)N3CCCC(NC(C)=O)C3)sc2C)cc1. The second-order valence-corrected chi connectivity index (χ2v) is 7.86. The molecule has 0 spiro atoms. The molecule has 138 valence electrons. The first kappa shape index (κ1) is 18.5. The largest absolute Gasteiger partial charge is 0.497 e. The van der Waals surface area contributed by atoms with Gasteiger partial charge in [-0.3, -0.25) is 9.59 Å². The number of carbonyl (C=O) groups excluding carboxylic acids is 2. The van der Waals surface area contributed by atoms with Gasteiger partial charge in [0, 0.05) is 30.9 Å². The predicted molar refractivity (Wildman–Crippen MR) is 104 cm³/mol. The summed E-state index contributed by atoms with van der Waals surface area (Å²) in [4.78, 5) is 27.9. The van der Waals surface area contributed by atoms with Crippen molar-refractivity contribution in [1.82, 2.24) is 10.2 Å². The molecule has 1 unspecified atom stereocenters. The molecule has 6 heteroatoms. The van der Waals surface area contributed by atoms with Crippen LogP contribution in [-0.2, 0) is 4.79 Å². The summed E-state index contributed by atoms with van der Waals surface area (Å²) in [7, 11) is 1.65. The van der Waals surface area contributed by atoms with Crippen LogP contribution in [0.25, 0.3) is 11.1 Å². The smallest absolute Gasteiger partial charge is 0.264 e. The molecule has 1 aliphatic heterocycles. The van der Waals surface area contributed by atoms with Gasteiger partial charge in [0.05, 0.1) is 12.0 Å². The van der Waals surface area contributed by atoms with Crippen LogP contribution in [0.3, 0.4) is 0 Å². The number of nitrogens with one attached hydrogen (secondary N) is 1. The average Bonchev–Trinajstić information content (AvgIpc) is 3.02. The molecule has 1 N–H and O–H groups in total. The molecule has 1 fully saturated rings. The fourth-order valence-corrected chi connectivity index (χ4v) is 4.38. The van der Waals surface area contributed by atoms with Gasteiger partial charge in [-0.2, -0.15) is 0 Å². The van der Waals surface area contributed by atoms with Gasteiger partial charge in [-0.15, -0.1) is 11.3 Å². The highest BCUT2D eigenvalue weighted by Gasteiger charge is 2.26. The summed E-state index contributed by atoms with van der Waals surface area (Å²) in [5.41, 5.74) is 2.16. The van der Waals surface area contributed by atoms with E-state index in [0.29, 0.717) is 6.54 Å². The first-order chi connectivity index (χ1) is 12.5. The molecule has 1 atom stereocenters. The summed E-state index contributed by atoms with van der Waals surface area (Å²) in [5.74, 6) is 0.821. The molecule has 0 aliphatic carbocycles. The Hall–Kier alpha value is -2.34. The van der Waals surface area contributed by atoms with E-state index in [-0.39, 0.29) is 17.9 Å². The number of ether oxygens (including phenoxy) is 1. The molecule has 26 heavy (non-hydrogen) atoms. The average molecular weight is 372 g/mol. The van der Waals surface area contributed by atoms with E-state index in [2.05, 4.69) is 5.32 Å². The normalized spacial score (nSPS) is 17.0. The summed E-state index contributed by atoms with van der Waals surface area (Å²) >= 11 is 1.53. The van der Waals surface area contributed by atoms with Gasteiger partial charge < -0.3 is 15.0 Å². The van der Waals surface area contributed by atoms with Crippen LogP contribution in [0.1, 0.15) is 34.3 Å². The van der Waals surface area contributed by atoms with Gasteiger partial charge in [0.15, 0.2) is 0 Å². The number of methoxy groups -OCH3 is 1. The van der Waals surface area contributed by atoms with Crippen molar-refractivity contribution in [3.05, 3.63) is 40.1 Å². The third-order valence-corrected chi connectivity index (χ3v) is 5.68. The summed E-state index contributed by atoms with van der Waals surface area (Å²) in [6.45, 7) is 4.87. The van der Waals surface area contributed by atoms with Crippen molar-refractivity contribution in [3.8, 4) is 16.9 Å². The van der Waals surface area contributed by atoms with Crippen molar-refractivity contribution in [2.24, 2.45) is 0 Å². The highest BCUT2D eigenvalue weighted by atomic mass is 32.1.